The molecule has 2 amide bonds. The number of amides is 2. The van der Waals surface area contributed by atoms with E-state index in [1.165, 1.54) is 12.4 Å². The van der Waals surface area contributed by atoms with E-state index < -0.39 is 0 Å². The van der Waals surface area contributed by atoms with Gasteiger partial charge in [-0.2, -0.15) is 0 Å². The van der Waals surface area contributed by atoms with Crippen molar-refractivity contribution in [2.45, 2.75) is 19.9 Å². The molecular formula is C22H20N8O2. The molecule has 2 aromatic heterocycles. The highest BCUT2D eigenvalue weighted by atomic mass is 16.2. The van der Waals surface area contributed by atoms with Gasteiger partial charge in [0.25, 0.3) is 5.91 Å². The van der Waals surface area contributed by atoms with Gasteiger partial charge in [-0.15, -0.1) is 5.10 Å². The van der Waals surface area contributed by atoms with Gasteiger partial charge in [0.1, 0.15) is 17.8 Å². The number of tetrazole rings is 1. The monoisotopic (exact) mass is 428 g/mol. The SMILES string of the molecule is Cc1cccc(CC(=O)Nc2cc(C(=O)NCc3ccc(-c4nnn[nH]4)cc3)ncn2)c1. The number of hydrogen-bond donors (Lipinski definition) is 3. The quantitative estimate of drug-likeness (QED) is 0.409. The molecule has 0 atom stereocenters. The summed E-state index contributed by atoms with van der Waals surface area (Å²) in [5, 5.41) is 19.2. The fraction of sp³-hybridized carbons (Fsp3) is 0.136. The number of H-pyrrole nitrogens is 1. The highest BCUT2D eigenvalue weighted by molar-refractivity contribution is 5.95. The number of nitrogens with one attached hydrogen (secondary N) is 3. The van der Waals surface area contributed by atoms with Gasteiger partial charge >= 0.3 is 0 Å². The first-order chi connectivity index (χ1) is 15.6. The Morgan fingerprint density at radius 1 is 1.00 bits per heavy atom. The number of aromatic amines is 1. The third-order valence-corrected chi connectivity index (χ3v) is 4.64. The Morgan fingerprint density at radius 2 is 1.84 bits per heavy atom. The molecule has 0 unspecified atom stereocenters. The molecular weight excluding hydrogens is 408 g/mol. The van der Waals surface area contributed by atoms with E-state index in [-0.39, 0.29) is 29.7 Å². The van der Waals surface area contributed by atoms with Crippen LogP contribution < -0.4 is 10.6 Å². The number of carbonyl (C=O) groups excluding carboxylic acids is 2. The smallest absolute Gasteiger partial charge is 0.270 e. The standard InChI is InChI=1S/C22H20N8O2/c1-14-3-2-4-16(9-14)10-20(31)26-19-11-18(24-13-25-19)22(32)23-12-15-5-7-17(8-6-15)21-27-29-30-28-21/h2-9,11,13H,10,12H2,1H3,(H,23,32)(H,24,25,26,31)(H,27,28,29,30). The Balaban J connectivity index is 1.33. The van der Waals surface area contributed by atoms with Gasteiger partial charge in [0, 0.05) is 18.2 Å². The van der Waals surface area contributed by atoms with Crippen molar-refractivity contribution in [2.24, 2.45) is 0 Å². The van der Waals surface area contributed by atoms with Crippen molar-refractivity contribution < 1.29 is 9.59 Å². The molecule has 2 aromatic carbocycles. The molecule has 32 heavy (non-hydrogen) atoms. The normalized spacial score (nSPS) is 10.5. The predicted molar refractivity (Wildman–Crippen MR) is 116 cm³/mol. The summed E-state index contributed by atoms with van der Waals surface area (Å²) in [7, 11) is 0. The molecule has 0 fully saturated rings. The molecule has 0 saturated carbocycles. The average Bonchev–Trinajstić information content (AvgIpc) is 3.33. The van der Waals surface area contributed by atoms with Crippen molar-refractivity contribution in [1.82, 2.24) is 35.9 Å². The molecule has 160 valence electrons. The van der Waals surface area contributed by atoms with Crippen LogP contribution >= 0.6 is 0 Å². The topological polar surface area (TPSA) is 138 Å². The van der Waals surface area contributed by atoms with E-state index in [0.29, 0.717) is 12.4 Å². The summed E-state index contributed by atoms with van der Waals surface area (Å²) < 4.78 is 0. The lowest BCUT2D eigenvalue weighted by Crippen LogP contribution is -2.24. The summed E-state index contributed by atoms with van der Waals surface area (Å²) in [4.78, 5) is 32.8. The Kier molecular flexibility index (Phi) is 6.21. The van der Waals surface area contributed by atoms with Crippen LogP contribution in [0.1, 0.15) is 27.2 Å². The lowest BCUT2D eigenvalue weighted by Gasteiger charge is -2.08. The van der Waals surface area contributed by atoms with Crippen LogP contribution in [0.2, 0.25) is 0 Å². The third-order valence-electron chi connectivity index (χ3n) is 4.64. The van der Waals surface area contributed by atoms with Gasteiger partial charge in [-0.3, -0.25) is 9.59 Å². The number of benzene rings is 2. The van der Waals surface area contributed by atoms with Crippen molar-refractivity contribution in [3.63, 3.8) is 0 Å². The lowest BCUT2D eigenvalue weighted by atomic mass is 10.1. The first-order valence-electron chi connectivity index (χ1n) is 9.85. The molecule has 0 radical (unpaired) electrons. The van der Waals surface area contributed by atoms with E-state index in [1.807, 2.05) is 55.5 Å². The lowest BCUT2D eigenvalue weighted by molar-refractivity contribution is -0.115. The largest absolute Gasteiger partial charge is 0.347 e. The first kappa shape index (κ1) is 20.8. The van der Waals surface area contributed by atoms with E-state index in [0.717, 1.165) is 22.3 Å². The summed E-state index contributed by atoms with van der Waals surface area (Å²) in [6.45, 7) is 2.28. The molecule has 4 aromatic rings. The minimum atomic E-state index is -0.370. The van der Waals surface area contributed by atoms with Crippen molar-refractivity contribution in [1.29, 1.82) is 0 Å². The van der Waals surface area contributed by atoms with Gasteiger partial charge in [0.05, 0.1) is 6.42 Å². The zero-order valence-electron chi connectivity index (χ0n) is 17.2. The highest BCUT2D eigenvalue weighted by Crippen LogP contribution is 2.14. The van der Waals surface area contributed by atoms with Crippen LogP contribution in [0.15, 0.2) is 60.9 Å². The third kappa shape index (κ3) is 5.36. The summed E-state index contributed by atoms with van der Waals surface area (Å²) in [6.07, 6.45) is 1.46. The second-order valence-electron chi connectivity index (χ2n) is 7.13. The molecule has 0 bridgehead atoms. The fourth-order valence-electron chi connectivity index (χ4n) is 3.08. The summed E-state index contributed by atoms with van der Waals surface area (Å²) in [5.74, 6) is 0.249. The van der Waals surface area contributed by atoms with Crippen LogP contribution in [0, 0.1) is 6.92 Å². The number of carbonyl (C=O) groups is 2. The maximum absolute atomic E-state index is 12.5. The number of anilines is 1. The number of nitrogens with zero attached hydrogens (tertiary/aromatic N) is 5. The van der Waals surface area contributed by atoms with E-state index in [9.17, 15) is 9.59 Å². The van der Waals surface area contributed by atoms with Crippen LogP contribution in [0.5, 0.6) is 0 Å². The minimum absolute atomic E-state index is 0.162. The molecule has 0 aliphatic rings. The van der Waals surface area contributed by atoms with E-state index in [4.69, 9.17) is 0 Å². The van der Waals surface area contributed by atoms with Gasteiger partial charge < -0.3 is 10.6 Å². The van der Waals surface area contributed by atoms with Gasteiger partial charge in [-0.25, -0.2) is 15.1 Å². The Hall–Kier alpha value is -4.47. The molecule has 0 saturated heterocycles. The number of hydrogen-bond acceptors (Lipinski definition) is 7. The highest BCUT2D eigenvalue weighted by Gasteiger charge is 2.11. The maximum atomic E-state index is 12.5. The minimum Gasteiger partial charge on any atom is -0.347 e. The van der Waals surface area contributed by atoms with E-state index >= 15 is 0 Å². The second-order valence-corrected chi connectivity index (χ2v) is 7.13. The van der Waals surface area contributed by atoms with Crippen LogP contribution in [0.3, 0.4) is 0 Å². The van der Waals surface area contributed by atoms with E-state index in [2.05, 4.69) is 41.2 Å². The fourth-order valence-corrected chi connectivity index (χ4v) is 3.08. The summed E-state index contributed by atoms with van der Waals surface area (Å²) >= 11 is 0. The Bertz CT molecular complexity index is 1220. The molecule has 3 N–H and O–H groups in total. The van der Waals surface area contributed by atoms with Crippen LogP contribution in [-0.4, -0.2) is 42.4 Å². The van der Waals surface area contributed by atoms with E-state index in [1.54, 1.807) is 0 Å². The van der Waals surface area contributed by atoms with Gasteiger partial charge in [-0.05, 0) is 28.5 Å². The Morgan fingerprint density at radius 3 is 2.59 bits per heavy atom. The zero-order chi connectivity index (χ0) is 22.3. The van der Waals surface area contributed by atoms with Gasteiger partial charge in [0.2, 0.25) is 5.91 Å². The van der Waals surface area contributed by atoms with Crippen molar-refractivity contribution in [3.8, 4) is 11.4 Å². The molecule has 0 spiro atoms. The van der Waals surface area contributed by atoms with Crippen molar-refractivity contribution >= 4 is 17.6 Å². The molecule has 10 heteroatoms. The Labute approximate surface area is 183 Å². The average molecular weight is 428 g/mol. The summed E-state index contributed by atoms with van der Waals surface area (Å²) in [5.41, 5.74) is 3.89. The zero-order valence-corrected chi connectivity index (χ0v) is 17.2. The van der Waals surface area contributed by atoms with Crippen LogP contribution in [0.25, 0.3) is 11.4 Å². The number of aromatic nitrogens is 6. The van der Waals surface area contributed by atoms with Crippen LogP contribution in [0.4, 0.5) is 5.82 Å². The predicted octanol–water partition coefficient (Wildman–Crippen LogP) is 2.08. The molecule has 2 heterocycles. The van der Waals surface area contributed by atoms with Gasteiger partial charge in [0.15, 0.2) is 5.82 Å². The number of rotatable bonds is 7. The second kappa shape index (κ2) is 9.56. The first-order valence-corrected chi connectivity index (χ1v) is 9.85. The molecule has 10 nitrogen and oxygen atoms in total. The van der Waals surface area contributed by atoms with Crippen molar-refractivity contribution in [2.75, 3.05) is 5.32 Å². The molecule has 4 rings (SSSR count). The van der Waals surface area contributed by atoms with Crippen LogP contribution in [-0.2, 0) is 17.8 Å². The number of aryl methyl sites for hydroxylation is 1. The molecule has 0 aliphatic carbocycles. The summed E-state index contributed by atoms with van der Waals surface area (Å²) in [6, 6.07) is 16.6. The maximum Gasteiger partial charge on any atom is 0.270 e. The van der Waals surface area contributed by atoms with Gasteiger partial charge in [-0.1, -0.05) is 54.1 Å². The molecule has 0 aliphatic heterocycles. The van der Waals surface area contributed by atoms with Crippen molar-refractivity contribution in [3.05, 3.63) is 83.3 Å².